The van der Waals surface area contributed by atoms with E-state index in [1.165, 1.54) is 0 Å². The first-order valence-corrected chi connectivity index (χ1v) is 10.7. The van der Waals surface area contributed by atoms with Gasteiger partial charge in [-0.25, -0.2) is 9.50 Å². The molecule has 1 aliphatic carbocycles. The molecule has 30 heavy (non-hydrogen) atoms. The normalized spacial score (nSPS) is 20.0. The van der Waals surface area contributed by atoms with E-state index >= 15 is 0 Å². The van der Waals surface area contributed by atoms with Gasteiger partial charge in [0.05, 0.1) is 23.0 Å². The zero-order chi connectivity index (χ0) is 20.7. The SMILES string of the molecule is CC(C)(O)C1CCC(Nc2ccc3ncc(-c4ccc5cccnc5c4)n3n2)CC1. The fourth-order valence-electron chi connectivity index (χ4n) is 4.53. The Morgan fingerprint density at radius 3 is 2.67 bits per heavy atom. The zero-order valence-corrected chi connectivity index (χ0v) is 17.4. The van der Waals surface area contributed by atoms with Gasteiger partial charge in [0.15, 0.2) is 5.65 Å². The second-order valence-corrected chi connectivity index (χ2v) is 8.89. The number of rotatable bonds is 4. The Hall–Kier alpha value is -2.99. The van der Waals surface area contributed by atoms with E-state index < -0.39 is 5.60 Å². The van der Waals surface area contributed by atoms with Crippen LogP contribution in [0.1, 0.15) is 39.5 Å². The molecule has 0 atom stereocenters. The van der Waals surface area contributed by atoms with Gasteiger partial charge in [-0.05, 0) is 69.7 Å². The summed E-state index contributed by atoms with van der Waals surface area (Å²) >= 11 is 0. The lowest BCUT2D eigenvalue weighted by Crippen LogP contribution is -2.37. The van der Waals surface area contributed by atoms with Crippen LogP contribution < -0.4 is 5.32 Å². The van der Waals surface area contributed by atoms with E-state index in [4.69, 9.17) is 5.10 Å². The lowest BCUT2D eigenvalue weighted by atomic mass is 9.77. The minimum atomic E-state index is -0.595. The summed E-state index contributed by atoms with van der Waals surface area (Å²) in [5.41, 5.74) is 3.18. The average Bonchev–Trinajstić information content (AvgIpc) is 3.16. The van der Waals surface area contributed by atoms with Crippen LogP contribution in [0.5, 0.6) is 0 Å². The molecule has 1 aromatic carbocycles. The van der Waals surface area contributed by atoms with Crippen LogP contribution in [0, 0.1) is 5.92 Å². The van der Waals surface area contributed by atoms with E-state index in [2.05, 4.69) is 39.6 Å². The number of aromatic nitrogens is 4. The Kier molecular flexibility index (Phi) is 4.66. The fourth-order valence-corrected chi connectivity index (χ4v) is 4.53. The molecule has 154 valence electrons. The van der Waals surface area contributed by atoms with Crippen LogP contribution in [0.15, 0.2) is 54.9 Å². The van der Waals surface area contributed by atoms with E-state index in [0.29, 0.717) is 12.0 Å². The molecule has 3 aromatic heterocycles. The number of hydrogen-bond donors (Lipinski definition) is 2. The summed E-state index contributed by atoms with van der Waals surface area (Å²) < 4.78 is 1.90. The number of hydrogen-bond acceptors (Lipinski definition) is 5. The Morgan fingerprint density at radius 2 is 1.87 bits per heavy atom. The molecular weight excluding hydrogens is 374 g/mol. The maximum Gasteiger partial charge on any atom is 0.154 e. The van der Waals surface area contributed by atoms with Crippen LogP contribution in [0.3, 0.4) is 0 Å². The first-order valence-electron chi connectivity index (χ1n) is 10.7. The number of nitrogens with zero attached hydrogens (tertiary/aromatic N) is 4. The van der Waals surface area contributed by atoms with Gasteiger partial charge in [-0.1, -0.05) is 18.2 Å². The predicted octanol–water partition coefficient (Wildman–Crippen LogP) is 4.69. The van der Waals surface area contributed by atoms with Gasteiger partial charge in [0.1, 0.15) is 5.82 Å². The standard InChI is InChI=1S/C24H27N5O/c1-24(2,30)18-7-9-19(10-8-18)27-22-11-12-23-26-15-21(29(23)28-22)17-6-5-16-4-3-13-25-20(16)14-17/h3-6,11-15,18-19,30H,7-10H2,1-2H3,(H,27,28). The highest BCUT2D eigenvalue weighted by molar-refractivity contribution is 5.83. The first kappa shape index (κ1) is 19.0. The number of imidazole rings is 1. The van der Waals surface area contributed by atoms with E-state index in [-0.39, 0.29) is 0 Å². The Morgan fingerprint density at radius 1 is 1.03 bits per heavy atom. The lowest BCUT2D eigenvalue weighted by Gasteiger charge is -2.36. The van der Waals surface area contributed by atoms with E-state index in [9.17, 15) is 5.11 Å². The summed E-state index contributed by atoms with van der Waals surface area (Å²) in [7, 11) is 0. The molecule has 0 saturated heterocycles. The van der Waals surface area contributed by atoms with Gasteiger partial charge in [-0.2, -0.15) is 0 Å². The highest BCUT2D eigenvalue weighted by Gasteiger charge is 2.31. The molecule has 0 radical (unpaired) electrons. The van der Waals surface area contributed by atoms with Gasteiger partial charge in [-0.3, -0.25) is 4.98 Å². The number of anilines is 1. The predicted molar refractivity (Wildman–Crippen MR) is 119 cm³/mol. The third-order valence-corrected chi connectivity index (χ3v) is 6.34. The molecule has 2 N–H and O–H groups in total. The molecule has 6 nitrogen and oxygen atoms in total. The van der Waals surface area contributed by atoms with Crippen LogP contribution in [0.2, 0.25) is 0 Å². The minimum Gasteiger partial charge on any atom is -0.390 e. The molecule has 0 bridgehead atoms. The molecule has 0 aliphatic heterocycles. The van der Waals surface area contributed by atoms with Crippen molar-refractivity contribution in [3.8, 4) is 11.3 Å². The van der Waals surface area contributed by atoms with E-state index in [1.54, 1.807) is 0 Å². The smallest absolute Gasteiger partial charge is 0.154 e. The third kappa shape index (κ3) is 3.63. The van der Waals surface area contributed by atoms with Crippen molar-refractivity contribution in [2.24, 2.45) is 5.92 Å². The molecule has 0 amide bonds. The number of benzene rings is 1. The molecule has 0 spiro atoms. The lowest BCUT2D eigenvalue weighted by molar-refractivity contribution is -0.000405. The quantitative estimate of drug-likeness (QED) is 0.519. The van der Waals surface area contributed by atoms with Gasteiger partial charge in [-0.15, -0.1) is 5.10 Å². The van der Waals surface area contributed by atoms with Crippen molar-refractivity contribution < 1.29 is 5.11 Å². The van der Waals surface area contributed by atoms with Crippen LogP contribution in [0.25, 0.3) is 27.8 Å². The number of aliphatic hydroxyl groups is 1. The van der Waals surface area contributed by atoms with Crippen LogP contribution in [-0.2, 0) is 0 Å². The zero-order valence-electron chi connectivity index (χ0n) is 17.4. The summed E-state index contributed by atoms with van der Waals surface area (Å²) in [4.78, 5) is 8.99. The van der Waals surface area contributed by atoms with Crippen LogP contribution >= 0.6 is 0 Å². The summed E-state index contributed by atoms with van der Waals surface area (Å²) in [6.45, 7) is 3.84. The van der Waals surface area contributed by atoms with Crippen LogP contribution in [0.4, 0.5) is 5.82 Å². The maximum atomic E-state index is 10.3. The average molecular weight is 402 g/mol. The number of nitrogens with one attached hydrogen (secondary N) is 1. The topological polar surface area (TPSA) is 75.3 Å². The fraction of sp³-hybridized carbons (Fsp3) is 0.375. The van der Waals surface area contributed by atoms with Crippen molar-refractivity contribution >= 4 is 22.4 Å². The van der Waals surface area contributed by atoms with Gasteiger partial charge >= 0.3 is 0 Å². The number of pyridine rings is 1. The number of fused-ring (bicyclic) bond motifs is 2. The van der Waals surface area contributed by atoms with Crippen LogP contribution in [-0.4, -0.2) is 36.3 Å². The van der Waals surface area contributed by atoms with Gasteiger partial charge in [0.25, 0.3) is 0 Å². The second kappa shape index (κ2) is 7.36. The monoisotopic (exact) mass is 401 g/mol. The minimum absolute atomic E-state index is 0.368. The highest BCUT2D eigenvalue weighted by atomic mass is 16.3. The van der Waals surface area contributed by atoms with Crippen molar-refractivity contribution in [3.05, 3.63) is 54.9 Å². The summed E-state index contributed by atoms with van der Waals surface area (Å²) in [6.07, 6.45) is 7.83. The molecule has 0 unspecified atom stereocenters. The van der Waals surface area contributed by atoms with Gasteiger partial charge in [0.2, 0.25) is 0 Å². The highest BCUT2D eigenvalue weighted by Crippen LogP contribution is 2.33. The van der Waals surface area contributed by atoms with Crippen molar-refractivity contribution in [1.82, 2.24) is 19.6 Å². The van der Waals surface area contributed by atoms with Crippen molar-refractivity contribution in [2.45, 2.75) is 51.2 Å². The molecule has 1 saturated carbocycles. The molecule has 1 aliphatic rings. The summed E-state index contributed by atoms with van der Waals surface area (Å²) in [5.74, 6) is 1.22. The molecule has 6 heteroatoms. The Balaban J connectivity index is 1.39. The second-order valence-electron chi connectivity index (χ2n) is 8.89. The molecule has 1 fully saturated rings. The summed E-state index contributed by atoms with van der Waals surface area (Å²) in [5, 5.41) is 19.8. The summed E-state index contributed by atoms with van der Waals surface area (Å²) in [6, 6.07) is 14.6. The third-order valence-electron chi connectivity index (χ3n) is 6.34. The maximum absolute atomic E-state index is 10.3. The molecule has 3 heterocycles. The van der Waals surface area contributed by atoms with Gasteiger partial charge < -0.3 is 10.4 Å². The molecular formula is C24H27N5O. The van der Waals surface area contributed by atoms with E-state index in [0.717, 1.165) is 59.3 Å². The largest absolute Gasteiger partial charge is 0.390 e. The molecule has 4 aromatic rings. The van der Waals surface area contributed by atoms with Crippen molar-refractivity contribution in [1.29, 1.82) is 0 Å². The van der Waals surface area contributed by atoms with Crippen molar-refractivity contribution in [2.75, 3.05) is 5.32 Å². The van der Waals surface area contributed by atoms with Gasteiger partial charge in [0, 0.05) is 23.2 Å². The van der Waals surface area contributed by atoms with E-state index in [1.807, 2.05) is 49.0 Å². The Bertz CT molecular complexity index is 1190. The Labute approximate surface area is 176 Å². The van der Waals surface area contributed by atoms with Crippen molar-refractivity contribution in [3.63, 3.8) is 0 Å². The first-order chi connectivity index (χ1) is 14.5. The molecule has 5 rings (SSSR count).